The van der Waals surface area contributed by atoms with Crippen molar-refractivity contribution in [3.05, 3.63) is 70.0 Å². The molecule has 3 aromatic rings. The summed E-state index contributed by atoms with van der Waals surface area (Å²) in [4.78, 5) is 29.7. The molecule has 6 heteroatoms. The molecule has 0 aliphatic carbocycles. The van der Waals surface area contributed by atoms with Crippen molar-refractivity contribution in [1.82, 2.24) is 4.98 Å². The summed E-state index contributed by atoms with van der Waals surface area (Å²) in [5.74, 6) is -0.156. The normalized spacial score (nSPS) is 16.3. The Labute approximate surface area is 182 Å². The van der Waals surface area contributed by atoms with Crippen molar-refractivity contribution in [3.8, 4) is 0 Å². The molecule has 0 bridgehead atoms. The first-order valence-electron chi connectivity index (χ1n) is 10.9. The van der Waals surface area contributed by atoms with Crippen molar-refractivity contribution in [2.45, 2.75) is 33.2 Å². The molecule has 1 fully saturated rings. The van der Waals surface area contributed by atoms with Gasteiger partial charge >= 0.3 is 5.97 Å². The number of aryl methyl sites for hydroxylation is 1. The zero-order valence-corrected chi connectivity index (χ0v) is 18.1. The number of hydrogen-bond donors (Lipinski definition) is 2. The van der Waals surface area contributed by atoms with Crippen molar-refractivity contribution >= 4 is 28.2 Å². The zero-order chi connectivity index (χ0) is 21.8. The molecule has 1 aliphatic heterocycles. The number of H-pyrrole nitrogens is 1. The van der Waals surface area contributed by atoms with E-state index in [2.05, 4.69) is 27.3 Å². The van der Waals surface area contributed by atoms with E-state index < -0.39 is 0 Å². The highest BCUT2D eigenvalue weighted by Gasteiger charge is 2.26. The van der Waals surface area contributed by atoms with E-state index in [1.54, 1.807) is 0 Å². The van der Waals surface area contributed by atoms with E-state index in [0.29, 0.717) is 25.3 Å². The van der Waals surface area contributed by atoms with Gasteiger partial charge in [0.15, 0.2) is 0 Å². The third kappa shape index (κ3) is 4.90. The van der Waals surface area contributed by atoms with E-state index in [1.165, 1.54) is 0 Å². The van der Waals surface area contributed by atoms with Gasteiger partial charge in [0.25, 0.3) is 5.56 Å². The number of nitrogens with one attached hydrogen (secondary N) is 2. The number of carbonyl (C=O) groups excluding carboxylic acids is 1. The maximum Gasteiger partial charge on any atom is 0.310 e. The van der Waals surface area contributed by atoms with E-state index in [4.69, 9.17) is 4.74 Å². The predicted molar refractivity (Wildman–Crippen MR) is 125 cm³/mol. The number of fused-ring (bicyclic) bond motifs is 1. The molecule has 4 rings (SSSR count). The summed E-state index contributed by atoms with van der Waals surface area (Å²) in [6.45, 7) is 6.36. The van der Waals surface area contributed by atoms with Crippen LogP contribution in [-0.4, -0.2) is 30.6 Å². The number of anilines is 2. The largest absolute Gasteiger partial charge is 0.466 e. The average molecular weight is 420 g/mol. The molecule has 2 aromatic carbocycles. The number of esters is 1. The van der Waals surface area contributed by atoms with Crippen LogP contribution in [0.3, 0.4) is 0 Å². The molecule has 0 spiro atoms. The van der Waals surface area contributed by atoms with E-state index in [9.17, 15) is 9.59 Å². The second-order valence-electron chi connectivity index (χ2n) is 8.15. The molecule has 2 heterocycles. The smallest absolute Gasteiger partial charge is 0.310 e. The summed E-state index contributed by atoms with van der Waals surface area (Å²) in [6.07, 6.45) is 1.86. The highest BCUT2D eigenvalue weighted by molar-refractivity contribution is 5.79. The minimum atomic E-state index is -0.0961. The van der Waals surface area contributed by atoms with Crippen molar-refractivity contribution in [3.63, 3.8) is 0 Å². The standard InChI is InChI=1S/C25H29N3O3/c1-3-31-25(30)19-5-4-12-28(16-19)22-10-8-21(9-11-22)26-15-20-14-18-7-6-17(2)13-23(18)27-24(20)29/h6-11,13-14,19,26H,3-5,12,15-16H2,1-2H3,(H,27,29)/t19-/m0/s1. The van der Waals surface area contributed by atoms with E-state index in [0.717, 1.165) is 47.2 Å². The summed E-state index contributed by atoms with van der Waals surface area (Å²) in [5.41, 5.74) is 4.66. The summed E-state index contributed by atoms with van der Waals surface area (Å²) >= 11 is 0. The van der Waals surface area contributed by atoms with Gasteiger partial charge in [-0.1, -0.05) is 12.1 Å². The Morgan fingerprint density at radius 2 is 2.00 bits per heavy atom. The summed E-state index contributed by atoms with van der Waals surface area (Å²) in [5, 5.41) is 4.37. The molecule has 0 saturated carbocycles. The number of aromatic nitrogens is 1. The predicted octanol–water partition coefficient (Wildman–Crippen LogP) is 4.23. The lowest BCUT2D eigenvalue weighted by Gasteiger charge is -2.33. The van der Waals surface area contributed by atoms with Gasteiger partial charge in [0, 0.05) is 42.1 Å². The number of rotatable bonds is 6. The van der Waals surface area contributed by atoms with Crippen LogP contribution in [0, 0.1) is 12.8 Å². The molecular formula is C25H29N3O3. The Hall–Kier alpha value is -3.28. The fraction of sp³-hybridized carbons (Fsp3) is 0.360. The summed E-state index contributed by atoms with van der Waals surface area (Å²) in [6, 6.07) is 16.2. The van der Waals surface area contributed by atoms with E-state index >= 15 is 0 Å². The van der Waals surface area contributed by atoms with Crippen LogP contribution < -0.4 is 15.8 Å². The summed E-state index contributed by atoms with van der Waals surface area (Å²) in [7, 11) is 0. The fourth-order valence-electron chi connectivity index (χ4n) is 4.14. The number of hydrogen-bond acceptors (Lipinski definition) is 5. The van der Waals surface area contributed by atoms with Crippen LogP contribution >= 0.6 is 0 Å². The lowest BCUT2D eigenvalue weighted by atomic mass is 9.97. The second-order valence-corrected chi connectivity index (χ2v) is 8.15. The molecule has 1 saturated heterocycles. The highest BCUT2D eigenvalue weighted by atomic mass is 16.5. The zero-order valence-electron chi connectivity index (χ0n) is 18.1. The van der Waals surface area contributed by atoms with Gasteiger partial charge in [-0.25, -0.2) is 0 Å². The van der Waals surface area contributed by atoms with Crippen LogP contribution in [0.25, 0.3) is 10.9 Å². The molecule has 0 radical (unpaired) electrons. The number of ether oxygens (including phenoxy) is 1. The first-order chi connectivity index (χ1) is 15.0. The number of aromatic amines is 1. The SMILES string of the molecule is CCOC(=O)[C@H]1CCCN(c2ccc(NCc3cc4ccc(C)cc4[nH]c3=O)cc2)C1. The third-order valence-corrected chi connectivity index (χ3v) is 5.84. The van der Waals surface area contributed by atoms with Gasteiger partial charge in [0.1, 0.15) is 0 Å². The Kier molecular flexibility index (Phi) is 6.26. The lowest BCUT2D eigenvalue weighted by molar-refractivity contribution is -0.148. The lowest BCUT2D eigenvalue weighted by Crippen LogP contribution is -2.39. The monoisotopic (exact) mass is 419 g/mol. The molecule has 1 aromatic heterocycles. The van der Waals surface area contributed by atoms with Crippen LogP contribution in [0.1, 0.15) is 30.9 Å². The molecule has 0 amide bonds. The number of nitrogens with zero attached hydrogens (tertiary/aromatic N) is 1. The van der Waals surface area contributed by atoms with E-state index in [-0.39, 0.29) is 17.4 Å². The number of carbonyl (C=O) groups is 1. The molecule has 2 N–H and O–H groups in total. The van der Waals surface area contributed by atoms with E-state index in [1.807, 2.05) is 50.2 Å². The van der Waals surface area contributed by atoms with Crippen molar-refractivity contribution in [2.24, 2.45) is 5.92 Å². The first-order valence-corrected chi connectivity index (χ1v) is 10.9. The van der Waals surface area contributed by atoms with Gasteiger partial charge in [-0.15, -0.1) is 0 Å². The van der Waals surface area contributed by atoms with Gasteiger partial charge in [-0.2, -0.15) is 0 Å². The molecule has 0 unspecified atom stereocenters. The molecule has 31 heavy (non-hydrogen) atoms. The van der Waals surface area contributed by atoms with Crippen LogP contribution in [0.4, 0.5) is 11.4 Å². The van der Waals surface area contributed by atoms with Gasteiger partial charge in [0.2, 0.25) is 0 Å². The van der Waals surface area contributed by atoms with Crippen LogP contribution in [-0.2, 0) is 16.1 Å². The van der Waals surface area contributed by atoms with Crippen molar-refractivity contribution in [1.29, 1.82) is 0 Å². The summed E-state index contributed by atoms with van der Waals surface area (Å²) < 4.78 is 5.20. The van der Waals surface area contributed by atoms with Crippen molar-refractivity contribution < 1.29 is 9.53 Å². The minimum Gasteiger partial charge on any atom is -0.466 e. The number of pyridine rings is 1. The molecule has 6 nitrogen and oxygen atoms in total. The fourth-order valence-corrected chi connectivity index (χ4v) is 4.14. The minimum absolute atomic E-state index is 0.0603. The van der Waals surface area contributed by atoms with Gasteiger partial charge < -0.3 is 19.9 Å². The molecule has 1 aliphatic rings. The van der Waals surface area contributed by atoms with Crippen molar-refractivity contribution in [2.75, 3.05) is 29.9 Å². The highest BCUT2D eigenvalue weighted by Crippen LogP contribution is 2.25. The third-order valence-electron chi connectivity index (χ3n) is 5.84. The first kappa shape index (κ1) is 21.0. The molecule has 162 valence electrons. The van der Waals surface area contributed by atoms with Gasteiger partial charge in [0.05, 0.1) is 12.5 Å². The average Bonchev–Trinajstić information content (AvgIpc) is 2.78. The molecular weight excluding hydrogens is 390 g/mol. The maximum atomic E-state index is 12.4. The second kappa shape index (κ2) is 9.25. The Morgan fingerprint density at radius 1 is 1.19 bits per heavy atom. The quantitative estimate of drug-likeness (QED) is 0.585. The van der Waals surface area contributed by atoms with Crippen LogP contribution in [0.15, 0.2) is 53.3 Å². The Bertz CT molecular complexity index is 1120. The Morgan fingerprint density at radius 3 is 2.77 bits per heavy atom. The Balaban J connectivity index is 1.40. The molecule has 1 atom stereocenters. The maximum absolute atomic E-state index is 12.4. The van der Waals surface area contributed by atoms with Gasteiger partial charge in [-0.3, -0.25) is 9.59 Å². The van der Waals surface area contributed by atoms with Crippen LogP contribution in [0.5, 0.6) is 0 Å². The number of piperidine rings is 1. The topological polar surface area (TPSA) is 74.4 Å². The van der Waals surface area contributed by atoms with Gasteiger partial charge in [-0.05, 0) is 74.0 Å². The number of benzene rings is 2. The van der Waals surface area contributed by atoms with Crippen LogP contribution in [0.2, 0.25) is 0 Å².